The lowest BCUT2D eigenvalue weighted by Crippen LogP contribution is -2.12. The number of hydrogen-bond donors (Lipinski definition) is 1. The summed E-state index contributed by atoms with van der Waals surface area (Å²) in [5.41, 5.74) is 1.64. The Kier molecular flexibility index (Phi) is 7.99. The van der Waals surface area contributed by atoms with Crippen molar-refractivity contribution < 1.29 is 28.7 Å². The summed E-state index contributed by atoms with van der Waals surface area (Å²) in [7, 11) is 3.05. The average Bonchev–Trinajstić information content (AvgIpc) is 3.26. The van der Waals surface area contributed by atoms with Crippen LogP contribution in [-0.4, -0.2) is 37.6 Å². The summed E-state index contributed by atoms with van der Waals surface area (Å²) in [4.78, 5) is 35.9. The second kappa shape index (κ2) is 11.1. The average molecular weight is 483 g/mol. The van der Waals surface area contributed by atoms with E-state index in [0.29, 0.717) is 28.2 Å². The number of non-ortho nitro benzene ring substituents is 1. The van der Waals surface area contributed by atoms with Crippen LogP contribution in [0.3, 0.4) is 0 Å². The molecule has 0 saturated carbocycles. The first kappa shape index (κ1) is 24.5. The number of amides is 1. The highest BCUT2D eigenvalue weighted by atomic mass is 32.1. The van der Waals surface area contributed by atoms with E-state index in [-0.39, 0.29) is 22.9 Å². The molecular weight excluding hydrogens is 460 g/mol. The third-order valence-corrected chi connectivity index (χ3v) is 5.61. The van der Waals surface area contributed by atoms with E-state index < -0.39 is 16.8 Å². The van der Waals surface area contributed by atoms with Crippen LogP contribution in [0.5, 0.6) is 11.5 Å². The first-order valence-electron chi connectivity index (χ1n) is 10.1. The van der Waals surface area contributed by atoms with Crippen LogP contribution >= 0.6 is 11.3 Å². The molecule has 3 aromatic rings. The summed E-state index contributed by atoms with van der Waals surface area (Å²) in [5.74, 6) is -0.0119. The van der Waals surface area contributed by atoms with Crippen molar-refractivity contribution in [2.75, 3.05) is 26.1 Å². The second-order valence-corrected chi connectivity index (χ2v) is 7.70. The second-order valence-electron chi connectivity index (χ2n) is 6.82. The maximum atomic E-state index is 12.7. The fraction of sp³-hybridized carbons (Fsp3) is 0.167. The van der Waals surface area contributed by atoms with Crippen LogP contribution in [0.2, 0.25) is 0 Å². The molecule has 34 heavy (non-hydrogen) atoms. The van der Waals surface area contributed by atoms with Gasteiger partial charge < -0.3 is 19.5 Å². The number of rotatable bonds is 9. The van der Waals surface area contributed by atoms with Crippen LogP contribution in [0.1, 0.15) is 22.8 Å². The van der Waals surface area contributed by atoms with Crippen molar-refractivity contribution >= 4 is 40.0 Å². The van der Waals surface area contributed by atoms with Crippen LogP contribution < -0.4 is 14.8 Å². The van der Waals surface area contributed by atoms with Gasteiger partial charge in [-0.2, -0.15) is 0 Å². The Morgan fingerprint density at radius 2 is 1.88 bits per heavy atom. The molecule has 1 heterocycles. The normalized spacial score (nSPS) is 10.7. The van der Waals surface area contributed by atoms with Gasteiger partial charge in [-0.05, 0) is 36.3 Å². The van der Waals surface area contributed by atoms with Crippen molar-refractivity contribution in [3.8, 4) is 22.6 Å². The molecule has 176 valence electrons. The third kappa shape index (κ3) is 5.59. The summed E-state index contributed by atoms with van der Waals surface area (Å²) >= 11 is 1.13. The number of nitro benzene ring substituents is 1. The van der Waals surface area contributed by atoms with E-state index in [0.717, 1.165) is 11.3 Å². The van der Waals surface area contributed by atoms with Gasteiger partial charge in [-0.1, -0.05) is 18.2 Å². The van der Waals surface area contributed by atoms with Gasteiger partial charge in [0, 0.05) is 29.2 Å². The van der Waals surface area contributed by atoms with E-state index in [2.05, 4.69) is 5.32 Å². The molecule has 0 aliphatic heterocycles. The number of carbonyl (C=O) groups excluding carboxylic acids is 2. The van der Waals surface area contributed by atoms with Gasteiger partial charge in [0.2, 0.25) is 5.91 Å². The number of thiophene rings is 1. The van der Waals surface area contributed by atoms with Gasteiger partial charge in [0.15, 0.2) is 11.5 Å². The van der Waals surface area contributed by atoms with Gasteiger partial charge >= 0.3 is 5.97 Å². The predicted molar refractivity (Wildman–Crippen MR) is 130 cm³/mol. The van der Waals surface area contributed by atoms with Gasteiger partial charge in [-0.25, -0.2) is 4.79 Å². The number of nitro groups is 1. The Bertz CT molecular complexity index is 1250. The maximum absolute atomic E-state index is 12.7. The minimum absolute atomic E-state index is 0.109. The molecule has 0 aliphatic carbocycles. The van der Waals surface area contributed by atoms with Crippen molar-refractivity contribution in [1.82, 2.24) is 0 Å². The van der Waals surface area contributed by atoms with E-state index in [1.165, 1.54) is 38.5 Å². The molecule has 1 amide bonds. The monoisotopic (exact) mass is 482 g/mol. The number of esters is 1. The van der Waals surface area contributed by atoms with E-state index in [1.54, 1.807) is 42.6 Å². The number of ether oxygens (including phenoxy) is 3. The fourth-order valence-corrected chi connectivity index (χ4v) is 4.10. The largest absolute Gasteiger partial charge is 0.493 e. The van der Waals surface area contributed by atoms with Crippen LogP contribution in [0.15, 0.2) is 53.9 Å². The van der Waals surface area contributed by atoms with E-state index in [1.807, 2.05) is 0 Å². The third-order valence-electron chi connectivity index (χ3n) is 4.71. The van der Waals surface area contributed by atoms with Crippen molar-refractivity contribution in [2.45, 2.75) is 6.92 Å². The van der Waals surface area contributed by atoms with Crippen molar-refractivity contribution in [3.05, 3.63) is 75.2 Å². The smallest absolute Gasteiger partial charge is 0.341 e. The number of nitrogens with one attached hydrogen (secondary N) is 1. The van der Waals surface area contributed by atoms with Gasteiger partial charge in [-0.15, -0.1) is 11.3 Å². The van der Waals surface area contributed by atoms with Crippen LogP contribution in [0.25, 0.3) is 17.2 Å². The molecule has 1 N–H and O–H groups in total. The Balaban J connectivity index is 1.89. The Morgan fingerprint density at radius 3 is 2.56 bits per heavy atom. The highest BCUT2D eigenvalue weighted by Gasteiger charge is 2.23. The molecule has 3 rings (SSSR count). The van der Waals surface area contributed by atoms with Gasteiger partial charge in [-0.3, -0.25) is 14.9 Å². The summed E-state index contributed by atoms with van der Waals surface area (Å²) in [6.45, 7) is 1.80. The molecular formula is C24H22N2O7S. The lowest BCUT2D eigenvalue weighted by Gasteiger charge is -2.08. The summed E-state index contributed by atoms with van der Waals surface area (Å²) in [5, 5.41) is 15.8. The molecule has 0 unspecified atom stereocenters. The minimum atomic E-state index is -0.635. The van der Waals surface area contributed by atoms with E-state index in [9.17, 15) is 19.7 Å². The molecule has 0 aliphatic rings. The summed E-state index contributed by atoms with van der Waals surface area (Å²) in [6, 6.07) is 11.1. The Hall–Kier alpha value is -4.18. The molecule has 0 bridgehead atoms. The molecule has 10 heteroatoms. The lowest BCUT2D eigenvalue weighted by atomic mass is 10.0. The number of hydrogen-bond acceptors (Lipinski definition) is 8. The summed E-state index contributed by atoms with van der Waals surface area (Å²) in [6.07, 6.45) is 2.92. The van der Waals surface area contributed by atoms with Crippen molar-refractivity contribution in [1.29, 1.82) is 0 Å². The van der Waals surface area contributed by atoms with Gasteiger partial charge in [0.1, 0.15) is 10.6 Å². The zero-order valence-electron chi connectivity index (χ0n) is 18.7. The molecule has 9 nitrogen and oxygen atoms in total. The SMILES string of the molecule is CCOC(=O)c1c(-c2cccc([N+](=O)[O-])c2)csc1NC(=O)/C=C/c1ccc(OC)c(OC)c1. The maximum Gasteiger partial charge on any atom is 0.341 e. The predicted octanol–water partition coefficient (Wildman–Crippen LogP) is 5.17. The number of benzene rings is 2. The molecule has 0 spiro atoms. The van der Waals surface area contributed by atoms with Gasteiger partial charge in [0.25, 0.3) is 5.69 Å². The molecule has 2 aromatic carbocycles. The van der Waals surface area contributed by atoms with E-state index >= 15 is 0 Å². The number of anilines is 1. The molecule has 0 radical (unpaired) electrons. The molecule has 0 atom stereocenters. The van der Waals surface area contributed by atoms with Crippen LogP contribution in [0.4, 0.5) is 10.7 Å². The van der Waals surface area contributed by atoms with Crippen LogP contribution in [-0.2, 0) is 9.53 Å². The Morgan fingerprint density at radius 1 is 1.12 bits per heavy atom. The molecule has 0 fully saturated rings. The topological polar surface area (TPSA) is 117 Å². The lowest BCUT2D eigenvalue weighted by molar-refractivity contribution is -0.384. The minimum Gasteiger partial charge on any atom is -0.493 e. The van der Waals surface area contributed by atoms with Crippen molar-refractivity contribution in [2.24, 2.45) is 0 Å². The molecule has 0 saturated heterocycles. The van der Waals surface area contributed by atoms with E-state index in [4.69, 9.17) is 14.2 Å². The number of nitrogens with zero attached hydrogens (tertiary/aromatic N) is 1. The quantitative estimate of drug-likeness (QED) is 0.193. The van der Waals surface area contributed by atoms with Crippen molar-refractivity contribution in [3.63, 3.8) is 0 Å². The first-order chi connectivity index (χ1) is 16.4. The Labute approximate surface area is 199 Å². The first-order valence-corrected chi connectivity index (χ1v) is 11.0. The standard InChI is InChI=1S/C24H22N2O7S/c1-4-33-24(28)22-18(16-6-5-7-17(13-16)26(29)30)14-34-23(22)25-21(27)11-9-15-8-10-19(31-2)20(12-15)32-3/h5-14H,4H2,1-3H3,(H,25,27)/b11-9+. The van der Waals surface area contributed by atoms with Crippen LogP contribution in [0, 0.1) is 10.1 Å². The summed E-state index contributed by atoms with van der Waals surface area (Å²) < 4.78 is 15.6. The highest BCUT2D eigenvalue weighted by molar-refractivity contribution is 7.15. The highest BCUT2D eigenvalue weighted by Crippen LogP contribution is 2.37. The fourth-order valence-electron chi connectivity index (χ4n) is 3.14. The zero-order valence-corrected chi connectivity index (χ0v) is 19.5. The zero-order chi connectivity index (χ0) is 24.7. The number of methoxy groups -OCH3 is 2. The van der Waals surface area contributed by atoms with Gasteiger partial charge in [0.05, 0.1) is 25.7 Å². The number of carbonyl (C=O) groups is 2. The molecule has 1 aromatic heterocycles.